The second-order valence-electron chi connectivity index (χ2n) is 3.89. The molecule has 2 bridgehead atoms. The Morgan fingerprint density at radius 1 is 1.45 bits per heavy atom. The summed E-state index contributed by atoms with van der Waals surface area (Å²) >= 11 is 0. The zero-order valence-corrected chi connectivity index (χ0v) is 7.09. The number of hydrogen-bond donors (Lipinski definition) is 2. The van der Waals surface area contributed by atoms with Crippen LogP contribution < -0.4 is 5.32 Å². The first kappa shape index (κ1) is 7.56. The lowest BCUT2D eigenvalue weighted by Gasteiger charge is -2.17. The van der Waals surface area contributed by atoms with E-state index in [2.05, 4.69) is 12.2 Å². The summed E-state index contributed by atoms with van der Waals surface area (Å²) in [6, 6.07) is 0.634. The van der Waals surface area contributed by atoms with Gasteiger partial charge in [-0.25, -0.2) is 0 Å². The Bertz CT molecular complexity index is 148. The summed E-state index contributed by atoms with van der Waals surface area (Å²) < 4.78 is 0. The molecule has 2 saturated carbocycles. The largest absolute Gasteiger partial charge is 0.393 e. The van der Waals surface area contributed by atoms with Gasteiger partial charge in [0, 0.05) is 12.0 Å². The molecule has 2 aliphatic carbocycles. The van der Waals surface area contributed by atoms with E-state index >= 15 is 0 Å². The van der Waals surface area contributed by atoms with Gasteiger partial charge in [0.05, 0.1) is 6.10 Å². The first-order chi connectivity index (χ1) is 5.33. The highest BCUT2D eigenvalue weighted by Crippen LogP contribution is 2.44. The average Bonchev–Trinajstić information content (AvgIpc) is 2.46. The van der Waals surface area contributed by atoms with Crippen molar-refractivity contribution in [1.29, 1.82) is 0 Å². The summed E-state index contributed by atoms with van der Waals surface area (Å²) in [7, 11) is 0. The molecule has 2 rings (SSSR count). The molecule has 0 radical (unpaired) electrons. The van der Waals surface area contributed by atoms with Crippen LogP contribution in [0.25, 0.3) is 0 Å². The summed E-state index contributed by atoms with van der Waals surface area (Å²) in [5.41, 5.74) is 0. The minimum atomic E-state index is -0.00204. The minimum absolute atomic E-state index is 0.00204. The molecular formula is C9H17NO. The maximum Gasteiger partial charge on any atom is 0.0586 e. The van der Waals surface area contributed by atoms with Crippen molar-refractivity contribution < 1.29 is 5.11 Å². The van der Waals surface area contributed by atoms with Crippen LogP contribution in [0.3, 0.4) is 0 Å². The van der Waals surface area contributed by atoms with E-state index in [0.29, 0.717) is 12.0 Å². The number of aliphatic hydroxyl groups is 1. The highest BCUT2D eigenvalue weighted by atomic mass is 16.3. The van der Waals surface area contributed by atoms with Gasteiger partial charge in [0.25, 0.3) is 0 Å². The molecule has 0 heterocycles. The van der Waals surface area contributed by atoms with E-state index in [1.807, 2.05) is 0 Å². The molecule has 0 spiro atoms. The van der Waals surface area contributed by atoms with Crippen molar-refractivity contribution in [3.8, 4) is 0 Å². The van der Waals surface area contributed by atoms with Crippen molar-refractivity contribution in [2.45, 2.75) is 38.3 Å². The SMILES string of the molecule is CCNC1[C@@H]2CC[C@H]1[C@H](O)C2. The maximum atomic E-state index is 9.58. The van der Waals surface area contributed by atoms with Gasteiger partial charge in [0.1, 0.15) is 0 Å². The van der Waals surface area contributed by atoms with E-state index < -0.39 is 0 Å². The Morgan fingerprint density at radius 3 is 2.73 bits per heavy atom. The number of hydrogen-bond acceptors (Lipinski definition) is 2. The van der Waals surface area contributed by atoms with E-state index in [1.54, 1.807) is 0 Å². The molecule has 0 aromatic carbocycles. The zero-order valence-electron chi connectivity index (χ0n) is 7.09. The van der Waals surface area contributed by atoms with E-state index in [0.717, 1.165) is 18.9 Å². The predicted molar refractivity (Wildman–Crippen MR) is 44.3 cm³/mol. The molecule has 1 unspecified atom stereocenters. The molecule has 0 amide bonds. The molecule has 64 valence electrons. The Kier molecular flexibility index (Phi) is 1.90. The van der Waals surface area contributed by atoms with Crippen LogP contribution in [0.4, 0.5) is 0 Å². The van der Waals surface area contributed by atoms with E-state index in [-0.39, 0.29) is 6.10 Å². The lowest BCUT2D eigenvalue weighted by molar-refractivity contribution is 0.110. The summed E-state index contributed by atoms with van der Waals surface area (Å²) in [4.78, 5) is 0. The minimum Gasteiger partial charge on any atom is -0.393 e. The third-order valence-corrected chi connectivity index (χ3v) is 3.32. The van der Waals surface area contributed by atoms with Crippen LogP contribution in [0.5, 0.6) is 0 Å². The fourth-order valence-electron chi connectivity index (χ4n) is 2.85. The van der Waals surface area contributed by atoms with Crippen LogP contribution in [-0.4, -0.2) is 23.8 Å². The molecule has 2 heteroatoms. The zero-order chi connectivity index (χ0) is 7.84. The van der Waals surface area contributed by atoms with Gasteiger partial charge in [0.15, 0.2) is 0 Å². The van der Waals surface area contributed by atoms with Crippen molar-refractivity contribution in [1.82, 2.24) is 5.32 Å². The predicted octanol–water partition coefficient (Wildman–Crippen LogP) is 0.755. The first-order valence-corrected chi connectivity index (χ1v) is 4.74. The van der Waals surface area contributed by atoms with Gasteiger partial charge in [-0.2, -0.15) is 0 Å². The number of rotatable bonds is 2. The molecule has 0 aliphatic heterocycles. The fraction of sp³-hybridized carbons (Fsp3) is 1.00. The molecular weight excluding hydrogens is 138 g/mol. The third-order valence-electron chi connectivity index (χ3n) is 3.32. The Labute approximate surface area is 68.0 Å². The Morgan fingerprint density at radius 2 is 2.27 bits per heavy atom. The standard InChI is InChI=1S/C9H17NO/c1-2-10-9-6-3-4-7(9)8(11)5-6/h6-11H,2-5H2,1H3/t6-,7+,8-,9?/m1/s1. The third kappa shape index (κ3) is 1.09. The normalized spacial score (nSPS) is 48.5. The summed E-state index contributed by atoms with van der Waals surface area (Å²) in [5, 5.41) is 13.1. The van der Waals surface area contributed by atoms with Crippen LogP contribution in [0.15, 0.2) is 0 Å². The number of aliphatic hydroxyl groups excluding tert-OH is 1. The average molecular weight is 155 g/mol. The fourth-order valence-corrected chi connectivity index (χ4v) is 2.85. The van der Waals surface area contributed by atoms with E-state index in [4.69, 9.17) is 0 Å². The van der Waals surface area contributed by atoms with Crippen molar-refractivity contribution in [2.75, 3.05) is 6.54 Å². The quantitative estimate of drug-likeness (QED) is 0.617. The first-order valence-electron chi connectivity index (χ1n) is 4.74. The highest BCUT2D eigenvalue weighted by molar-refractivity contribution is 5.00. The molecule has 11 heavy (non-hydrogen) atoms. The smallest absolute Gasteiger partial charge is 0.0586 e. The molecule has 0 aromatic heterocycles. The number of fused-ring (bicyclic) bond motifs is 2. The maximum absolute atomic E-state index is 9.58. The molecule has 2 fully saturated rings. The van der Waals surface area contributed by atoms with Crippen molar-refractivity contribution in [3.63, 3.8) is 0 Å². The molecule has 2 aliphatic rings. The highest BCUT2D eigenvalue weighted by Gasteiger charge is 2.46. The molecule has 4 atom stereocenters. The molecule has 0 aromatic rings. The monoisotopic (exact) mass is 155 g/mol. The van der Waals surface area contributed by atoms with Crippen molar-refractivity contribution >= 4 is 0 Å². The summed E-state index contributed by atoms with van der Waals surface area (Å²) in [6.45, 7) is 3.19. The summed E-state index contributed by atoms with van der Waals surface area (Å²) in [5.74, 6) is 1.34. The van der Waals surface area contributed by atoms with Crippen LogP contribution in [-0.2, 0) is 0 Å². The van der Waals surface area contributed by atoms with Gasteiger partial charge in [-0.3, -0.25) is 0 Å². The Hall–Kier alpha value is -0.0800. The second kappa shape index (κ2) is 2.76. The molecule has 2 nitrogen and oxygen atoms in total. The van der Waals surface area contributed by atoms with E-state index in [9.17, 15) is 5.11 Å². The lowest BCUT2D eigenvalue weighted by Crippen LogP contribution is -2.34. The van der Waals surface area contributed by atoms with Gasteiger partial charge in [-0.1, -0.05) is 6.92 Å². The van der Waals surface area contributed by atoms with Crippen LogP contribution >= 0.6 is 0 Å². The van der Waals surface area contributed by atoms with Gasteiger partial charge in [0.2, 0.25) is 0 Å². The van der Waals surface area contributed by atoms with Crippen molar-refractivity contribution in [2.24, 2.45) is 11.8 Å². The van der Waals surface area contributed by atoms with Crippen LogP contribution in [0.1, 0.15) is 26.2 Å². The number of nitrogens with one attached hydrogen (secondary N) is 1. The lowest BCUT2D eigenvalue weighted by atomic mass is 9.98. The van der Waals surface area contributed by atoms with E-state index in [1.165, 1.54) is 12.8 Å². The van der Waals surface area contributed by atoms with Gasteiger partial charge in [-0.15, -0.1) is 0 Å². The Balaban J connectivity index is 2.01. The van der Waals surface area contributed by atoms with Gasteiger partial charge in [-0.05, 0) is 31.7 Å². The molecule has 0 saturated heterocycles. The van der Waals surface area contributed by atoms with Crippen molar-refractivity contribution in [3.05, 3.63) is 0 Å². The summed E-state index contributed by atoms with van der Waals surface area (Å²) in [6.07, 6.45) is 3.61. The van der Waals surface area contributed by atoms with Crippen LogP contribution in [0, 0.1) is 11.8 Å². The van der Waals surface area contributed by atoms with Crippen LogP contribution in [0.2, 0.25) is 0 Å². The molecule has 2 N–H and O–H groups in total. The topological polar surface area (TPSA) is 32.3 Å². The van der Waals surface area contributed by atoms with Gasteiger partial charge >= 0.3 is 0 Å². The van der Waals surface area contributed by atoms with Gasteiger partial charge < -0.3 is 10.4 Å². The second-order valence-corrected chi connectivity index (χ2v) is 3.89.